The Morgan fingerprint density at radius 1 is 1.36 bits per heavy atom. The Morgan fingerprint density at radius 3 is 2.60 bits per heavy atom. The first-order valence-electron chi connectivity index (χ1n) is 7.69. The van der Waals surface area contributed by atoms with E-state index in [1.54, 1.807) is 27.2 Å². The van der Waals surface area contributed by atoms with Crippen LogP contribution in [0, 0.1) is 0 Å². The van der Waals surface area contributed by atoms with Gasteiger partial charge in [-0.1, -0.05) is 0 Å². The molecular formula is C17H22N2O6. The average Bonchev–Trinajstić information content (AvgIpc) is 3.20. The van der Waals surface area contributed by atoms with Crippen LogP contribution >= 0.6 is 0 Å². The maximum Gasteiger partial charge on any atom is 0.290 e. The second-order valence-corrected chi connectivity index (χ2v) is 6.02. The number of imidazole rings is 1. The highest BCUT2D eigenvalue weighted by Gasteiger charge is 2.21. The number of fused-ring (bicyclic) bond motifs is 1. The van der Waals surface area contributed by atoms with Crippen molar-refractivity contribution in [1.82, 2.24) is 9.55 Å². The first kappa shape index (κ1) is 18.6. The number of carboxylic acid groups (broad SMARTS) is 1. The van der Waals surface area contributed by atoms with E-state index in [1.165, 1.54) is 0 Å². The van der Waals surface area contributed by atoms with Gasteiger partial charge in [0.2, 0.25) is 6.79 Å². The van der Waals surface area contributed by atoms with Gasteiger partial charge in [0.1, 0.15) is 11.6 Å². The topological polar surface area (TPSA) is 103 Å². The monoisotopic (exact) mass is 350 g/mol. The van der Waals surface area contributed by atoms with Gasteiger partial charge in [-0.05, 0) is 26.3 Å². The molecule has 136 valence electrons. The number of rotatable bonds is 5. The summed E-state index contributed by atoms with van der Waals surface area (Å²) in [4.78, 5) is 12.8. The molecule has 2 N–H and O–H groups in total. The molecule has 0 fully saturated rings. The minimum absolute atomic E-state index is 0.217. The zero-order valence-corrected chi connectivity index (χ0v) is 14.4. The number of hydrogen-bond donors (Lipinski definition) is 2. The van der Waals surface area contributed by atoms with Gasteiger partial charge in [0.25, 0.3) is 6.47 Å². The normalized spacial score (nSPS) is 12.3. The lowest BCUT2D eigenvalue weighted by Gasteiger charge is -2.18. The fourth-order valence-electron chi connectivity index (χ4n) is 2.39. The van der Waals surface area contributed by atoms with Crippen LogP contribution in [0.1, 0.15) is 20.3 Å². The van der Waals surface area contributed by atoms with Crippen molar-refractivity contribution in [2.75, 3.05) is 13.9 Å². The van der Waals surface area contributed by atoms with Crippen molar-refractivity contribution < 1.29 is 29.2 Å². The molecule has 1 aromatic heterocycles. The predicted octanol–water partition coefficient (Wildman–Crippen LogP) is 2.15. The Bertz CT molecular complexity index is 720. The first-order chi connectivity index (χ1) is 11.9. The third kappa shape index (κ3) is 4.63. The maximum absolute atomic E-state index is 9.91. The molecule has 2 aromatic rings. The van der Waals surface area contributed by atoms with Gasteiger partial charge < -0.3 is 29.0 Å². The van der Waals surface area contributed by atoms with Gasteiger partial charge in [-0.3, -0.25) is 4.79 Å². The van der Waals surface area contributed by atoms with Gasteiger partial charge in [-0.25, -0.2) is 4.98 Å². The highest BCUT2D eigenvalue weighted by Crippen LogP contribution is 2.42. The van der Waals surface area contributed by atoms with Crippen molar-refractivity contribution >= 4 is 6.47 Å². The molecule has 0 amide bonds. The number of aromatic nitrogens is 2. The molecule has 8 heteroatoms. The predicted molar refractivity (Wildman–Crippen MR) is 89.9 cm³/mol. The Kier molecular flexibility index (Phi) is 5.87. The van der Waals surface area contributed by atoms with Crippen LogP contribution in [-0.2, 0) is 11.3 Å². The lowest BCUT2D eigenvalue weighted by molar-refractivity contribution is -0.122. The molecule has 8 nitrogen and oxygen atoms in total. The lowest BCUT2D eigenvalue weighted by Crippen LogP contribution is -2.21. The molecule has 1 aromatic carbocycles. The van der Waals surface area contributed by atoms with Gasteiger partial charge in [-0.2, -0.15) is 0 Å². The number of methoxy groups -OCH3 is 1. The van der Waals surface area contributed by atoms with Crippen LogP contribution in [0.15, 0.2) is 24.5 Å². The average molecular weight is 350 g/mol. The van der Waals surface area contributed by atoms with Crippen LogP contribution in [0.3, 0.4) is 0 Å². The van der Waals surface area contributed by atoms with Crippen molar-refractivity contribution in [2.24, 2.45) is 0 Å². The molecule has 0 bridgehead atoms. The Morgan fingerprint density at radius 2 is 2.00 bits per heavy atom. The highest BCUT2D eigenvalue weighted by molar-refractivity contribution is 5.70. The largest absolute Gasteiger partial charge is 0.496 e. The second kappa shape index (κ2) is 7.89. The zero-order valence-electron chi connectivity index (χ0n) is 14.4. The number of hydrogen-bond acceptors (Lipinski definition) is 6. The summed E-state index contributed by atoms with van der Waals surface area (Å²) in [5.41, 5.74) is 0.119. The molecule has 25 heavy (non-hydrogen) atoms. The second-order valence-electron chi connectivity index (χ2n) is 6.02. The van der Waals surface area contributed by atoms with Crippen LogP contribution < -0.4 is 14.2 Å². The van der Waals surface area contributed by atoms with E-state index < -0.39 is 5.60 Å². The van der Waals surface area contributed by atoms with Crippen LogP contribution in [0.25, 0.3) is 11.4 Å². The van der Waals surface area contributed by atoms with Crippen molar-refractivity contribution in [1.29, 1.82) is 0 Å². The Balaban J connectivity index is 0.000000701. The number of aryl methyl sites for hydroxylation is 1. The van der Waals surface area contributed by atoms with Crippen molar-refractivity contribution in [3.8, 4) is 28.6 Å². The van der Waals surface area contributed by atoms with E-state index in [-0.39, 0.29) is 13.3 Å². The number of nitrogens with zero attached hydrogens (tertiary/aromatic N) is 2. The van der Waals surface area contributed by atoms with Gasteiger partial charge >= 0.3 is 0 Å². The number of carbonyl (C=O) groups is 1. The van der Waals surface area contributed by atoms with E-state index >= 15 is 0 Å². The molecule has 0 saturated carbocycles. The summed E-state index contributed by atoms with van der Waals surface area (Å²) in [6, 6.07) is 3.69. The summed E-state index contributed by atoms with van der Waals surface area (Å²) in [6.07, 6.45) is 4.26. The van der Waals surface area contributed by atoms with Crippen molar-refractivity contribution in [2.45, 2.75) is 32.4 Å². The van der Waals surface area contributed by atoms with E-state index in [4.69, 9.17) is 24.1 Å². The molecule has 1 aliphatic rings. The summed E-state index contributed by atoms with van der Waals surface area (Å²) in [5.74, 6) is 2.82. The molecule has 3 rings (SSSR count). The van der Waals surface area contributed by atoms with E-state index in [9.17, 15) is 5.11 Å². The van der Waals surface area contributed by atoms with E-state index in [2.05, 4.69) is 4.98 Å². The van der Waals surface area contributed by atoms with Crippen LogP contribution in [-0.4, -0.2) is 45.7 Å². The van der Waals surface area contributed by atoms with Crippen molar-refractivity contribution in [3.05, 3.63) is 24.5 Å². The minimum Gasteiger partial charge on any atom is -0.496 e. The fraction of sp³-hybridized carbons (Fsp3) is 0.412. The first-order valence-corrected chi connectivity index (χ1v) is 7.69. The summed E-state index contributed by atoms with van der Waals surface area (Å²) >= 11 is 0. The number of aliphatic hydroxyl groups is 1. The zero-order chi connectivity index (χ0) is 18.4. The molecule has 0 atom stereocenters. The molecule has 0 unspecified atom stereocenters. The van der Waals surface area contributed by atoms with Gasteiger partial charge in [0.15, 0.2) is 11.5 Å². The van der Waals surface area contributed by atoms with Gasteiger partial charge in [0.05, 0.1) is 18.3 Å². The molecule has 0 radical (unpaired) electrons. The summed E-state index contributed by atoms with van der Waals surface area (Å²) in [7, 11) is 1.62. The Hall–Kier alpha value is -2.74. The molecule has 0 spiro atoms. The molecule has 2 heterocycles. The third-order valence-electron chi connectivity index (χ3n) is 3.62. The smallest absolute Gasteiger partial charge is 0.290 e. The van der Waals surface area contributed by atoms with Crippen molar-refractivity contribution in [3.63, 3.8) is 0 Å². The lowest BCUT2D eigenvalue weighted by atomic mass is 10.1. The summed E-state index contributed by atoms with van der Waals surface area (Å²) < 4.78 is 18.3. The minimum atomic E-state index is -0.722. The quantitative estimate of drug-likeness (QED) is 0.796. The van der Waals surface area contributed by atoms with E-state index in [0.717, 1.165) is 11.4 Å². The van der Waals surface area contributed by atoms with Crippen LogP contribution in [0.4, 0.5) is 0 Å². The SMILES string of the molecule is COc1cc2c(cc1-c1nccn1CCC(C)(C)O)OCO2.O=CO. The van der Waals surface area contributed by atoms with E-state index in [0.29, 0.717) is 30.2 Å². The summed E-state index contributed by atoms with van der Waals surface area (Å²) in [5, 5.41) is 16.8. The molecule has 0 aliphatic carbocycles. The summed E-state index contributed by atoms with van der Waals surface area (Å²) in [6.45, 7) is 4.22. The Labute approximate surface area is 145 Å². The molecule has 1 aliphatic heterocycles. The third-order valence-corrected chi connectivity index (χ3v) is 3.62. The van der Waals surface area contributed by atoms with Gasteiger partial charge in [-0.15, -0.1) is 0 Å². The van der Waals surface area contributed by atoms with E-state index in [1.807, 2.05) is 22.9 Å². The standard InChI is InChI=1S/C16H20N2O4.CH2O2/c1-16(2,19)4-6-18-7-5-17-15(18)11-8-13-14(22-10-21-13)9-12(11)20-3;2-1-3/h5,7-9,19H,4,6,10H2,1-3H3;1H,(H,2,3). The fourth-order valence-corrected chi connectivity index (χ4v) is 2.39. The maximum atomic E-state index is 9.91. The highest BCUT2D eigenvalue weighted by atomic mass is 16.7. The van der Waals surface area contributed by atoms with Gasteiger partial charge in [0, 0.05) is 25.0 Å². The molecule has 0 saturated heterocycles. The van der Waals surface area contributed by atoms with Crippen LogP contribution in [0.5, 0.6) is 17.2 Å². The number of ether oxygens (including phenoxy) is 3. The van der Waals surface area contributed by atoms with Crippen LogP contribution in [0.2, 0.25) is 0 Å². The molecular weight excluding hydrogens is 328 g/mol. The number of benzene rings is 1.